The third kappa shape index (κ3) is 5.17. The van der Waals surface area contributed by atoms with E-state index in [0.717, 1.165) is 37.0 Å². The van der Waals surface area contributed by atoms with Crippen LogP contribution >= 0.6 is 24.0 Å². The van der Waals surface area contributed by atoms with Gasteiger partial charge in [0.1, 0.15) is 11.0 Å². The molecule has 1 aromatic carbocycles. The van der Waals surface area contributed by atoms with E-state index in [1.165, 1.54) is 17.1 Å². The zero-order valence-electron chi connectivity index (χ0n) is 16.2. The smallest absolute Gasteiger partial charge is 0.253 e. The molecular weight excluding hydrogens is 407 g/mol. The number of aromatic nitrogens is 2. The molecule has 0 unspecified atom stereocenters. The first-order valence-electron chi connectivity index (χ1n) is 9.64. The van der Waals surface area contributed by atoms with Crippen LogP contribution in [0.25, 0.3) is 10.9 Å². The Balaban J connectivity index is 0.00000240. The average molecular weight is 431 g/mol. The molecule has 0 spiro atoms. The lowest BCUT2D eigenvalue weighted by atomic mass is 9.91. The Morgan fingerprint density at radius 1 is 1.07 bits per heavy atom. The number of fused-ring (bicyclic) bond motifs is 1. The number of pyridine rings is 2. The zero-order chi connectivity index (χ0) is 19.5. The predicted octanol–water partition coefficient (Wildman–Crippen LogP) is 5.17. The summed E-state index contributed by atoms with van der Waals surface area (Å²) in [5.74, 6) is 0.836. The molecule has 0 atom stereocenters. The Hall–Kier alpha value is -2.37. The van der Waals surface area contributed by atoms with Gasteiger partial charge >= 0.3 is 0 Å². The van der Waals surface area contributed by atoms with Crippen molar-refractivity contribution < 1.29 is 4.79 Å². The number of hydrogen-bond donors (Lipinski definition) is 2. The van der Waals surface area contributed by atoms with Gasteiger partial charge in [-0.15, -0.1) is 12.4 Å². The van der Waals surface area contributed by atoms with E-state index in [9.17, 15) is 4.79 Å². The first-order valence-corrected chi connectivity index (χ1v) is 10.0. The number of hydrogen-bond acceptors (Lipinski definition) is 4. The van der Waals surface area contributed by atoms with E-state index in [4.69, 9.17) is 16.6 Å². The third-order valence-electron chi connectivity index (χ3n) is 5.33. The SMILES string of the molecule is Cc1cc(NC2CCC(NC(=O)c3ccc(Cl)nc3)CC2)nc2ccccc12.Cl. The summed E-state index contributed by atoms with van der Waals surface area (Å²) >= 11 is 5.78. The van der Waals surface area contributed by atoms with Gasteiger partial charge in [-0.2, -0.15) is 0 Å². The van der Waals surface area contributed by atoms with Crippen molar-refractivity contribution in [3.8, 4) is 0 Å². The molecule has 2 aromatic heterocycles. The van der Waals surface area contributed by atoms with Crippen molar-refractivity contribution in [2.24, 2.45) is 0 Å². The van der Waals surface area contributed by atoms with E-state index in [0.29, 0.717) is 16.8 Å². The number of carbonyl (C=O) groups is 1. The highest BCUT2D eigenvalue weighted by Crippen LogP contribution is 2.25. The topological polar surface area (TPSA) is 66.9 Å². The van der Waals surface area contributed by atoms with Crippen molar-refractivity contribution in [1.29, 1.82) is 0 Å². The number of rotatable bonds is 4. The van der Waals surface area contributed by atoms with Crippen LogP contribution in [0.4, 0.5) is 5.82 Å². The number of anilines is 1. The Morgan fingerprint density at radius 3 is 2.52 bits per heavy atom. The molecule has 3 aromatic rings. The number of nitrogens with zero attached hydrogens (tertiary/aromatic N) is 2. The van der Waals surface area contributed by atoms with Gasteiger partial charge in [-0.3, -0.25) is 4.79 Å². The minimum absolute atomic E-state index is 0. The number of amides is 1. The molecule has 1 aliphatic carbocycles. The van der Waals surface area contributed by atoms with Gasteiger partial charge in [0.25, 0.3) is 5.91 Å². The van der Waals surface area contributed by atoms with Crippen LogP contribution in [0.1, 0.15) is 41.6 Å². The summed E-state index contributed by atoms with van der Waals surface area (Å²) in [5.41, 5.74) is 2.79. The van der Waals surface area contributed by atoms with Crippen LogP contribution in [0.2, 0.25) is 5.15 Å². The lowest BCUT2D eigenvalue weighted by molar-refractivity contribution is 0.0926. The summed E-state index contributed by atoms with van der Waals surface area (Å²) in [4.78, 5) is 21.1. The summed E-state index contributed by atoms with van der Waals surface area (Å²) in [5, 5.41) is 8.26. The maximum Gasteiger partial charge on any atom is 0.253 e. The molecule has 4 rings (SSSR count). The minimum Gasteiger partial charge on any atom is -0.367 e. The fraction of sp³-hybridized carbons (Fsp3) is 0.318. The first-order chi connectivity index (χ1) is 13.6. The molecule has 7 heteroatoms. The fourth-order valence-electron chi connectivity index (χ4n) is 3.79. The van der Waals surface area contributed by atoms with Gasteiger partial charge in [-0.05, 0) is 62.4 Å². The van der Waals surface area contributed by atoms with E-state index < -0.39 is 0 Å². The van der Waals surface area contributed by atoms with Crippen LogP contribution in [-0.4, -0.2) is 28.0 Å². The molecule has 1 fully saturated rings. The number of aryl methyl sites for hydroxylation is 1. The third-order valence-corrected chi connectivity index (χ3v) is 5.55. The highest BCUT2D eigenvalue weighted by molar-refractivity contribution is 6.29. The second-order valence-electron chi connectivity index (χ2n) is 7.38. The number of carbonyl (C=O) groups excluding carboxylic acids is 1. The average Bonchev–Trinajstić information content (AvgIpc) is 2.70. The van der Waals surface area contributed by atoms with E-state index >= 15 is 0 Å². The first kappa shape index (κ1) is 21.3. The number of benzene rings is 1. The second-order valence-corrected chi connectivity index (χ2v) is 7.76. The van der Waals surface area contributed by atoms with Gasteiger partial charge < -0.3 is 10.6 Å². The molecule has 29 heavy (non-hydrogen) atoms. The summed E-state index contributed by atoms with van der Waals surface area (Å²) in [6.07, 6.45) is 5.39. The van der Waals surface area contributed by atoms with Gasteiger partial charge in [0, 0.05) is 23.7 Å². The highest BCUT2D eigenvalue weighted by atomic mass is 35.5. The zero-order valence-corrected chi connectivity index (χ0v) is 17.8. The van der Waals surface area contributed by atoms with Gasteiger partial charge in [-0.25, -0.2) is 9.97 Å². The largest absolute Gasteiger partial charge is 0.367 e. The number of halogens is 2. The Morgan fingerprint density at radius 2 is 1.79 bits per heavy atom. The fourth-order valence-corrected chi connectivity index (χ4v) is 3.91. The van der Waals surface area contributed by atoms with Crippen LogP contribution in [0.5, 0.6) is 0 Å². The quantitative estimate of drug-likeness (QED) is 0.560. The predicted molar refractivity (Wildman–Crippen MR) is 120 cm³/mol. The van der Waals surface area contributed by atoms with Crippen molar-refractivity contribution in [1.82, 2.24) is 15.3 Å². The van der Waals surface area contributed by atoms with Gasteiger partial charge in [0.15, 0.2) is 0 Å². The van der Waals surface area contributed by atoms with Crippen molar-refractivity contribution in [3.05, 3.63) is 64.9 Å². The van der Waals surface area contributed by atoms with Crippen LogP contribution in [0.3, 0.4) is 0 Å². The molecular formula is C22H24Cl2N4O. The Bertz CT molecular complexity index is 986. The summed E-state index contributed by atoms with van der Waals surface area (Å²) in [6.45, 7) is 2.12. The van der Waals surface area contributed by atoms with E-state index in [-0.39, 0.29) is 24.4 Å². The normalized spacial score (nSPS) is 18.7. The van der Waals surface area contributed by atoms with Crippen molar-refractivity contribution in [2.75, 3.05) is 5.32 Å². The highest BCUT2D eigenvalue weighted by Gasteiger charge is 2.23. The molecule has 1 saturated carbocycles. The maximum atomic E-state index is 12.3. The summed E-state index contributed by atoms with van der Waals surface area (Å²) in [6, 6.07) is 14.2. The molecule has 0 saturated heterocycles. The molecule has 1 aliphatic rings. The summed E-state index contributed by atoms with van der Waals surface area (Å²) < 4.78 is 0. The van der Waals surface area contributed by atoms with Gasteiger partial charge in [-0.1, -0.05) is 29.8 Å². The lowest BCUT2D eigenvalue weighted by Crippen LogP contribution is -2.40. The summed E-state index contributed by atoms with van der Waals surface area (Å²) in [7, 11) is 0. The molecule has 5 nitrogen and oxygen atoms in total. The van der Waals surface area contributed by atoms with Crippen molar-refractivity contribution >= 4 is 46.6 Å². The monoisotopic (exact) mass is 430 g/mol. The molecule has 0 aliphatic heterocycles. The minimum atomic E-state index is -0.0904. The lowest BCUT2D eigenvalue weighted by Gasteiger charge is -2.30. The van der Waals surface area contributed by atoms with E-state index in [2.05, 4.69) is 34.7 Å². The van der Waals surface area contributed by atoms with Gasteiger partial charge in [0.05, 0.1) is 11.1 Å². The molecule has 0 bridgehead atoms. The van der Waals surface area contributed by atoms with E-state index in [1.54, 1.807) is 12.1 Å². The van der Waals surface area contributed by atoms with Gasteiger partial charge in [0.2, 0.25) is 0 Å². The van der Waals surface area contributed by atoms with Crippen LogP contribution < -0.4 is 10.6 Å². The van der Waals surface area contributed by atoms with Crippen LogP contribution in [0, 0.1) is 6.92 Å². The van der Waals surface area contributed by atoms with Crippen molar-refractivity contribution in [2.45, 2.75) is 44.7 Å². The van der Waals surface area contributed by atoms with Crippen LogP contribution in [-0.2, 0) is 0 Å². The number of para-hydroxylation sites is 1. The molecule has 152 valence electrons. The van der Waals surface area contributed by atoms with Crippen LogP contribution in [0.15, 0.2) is 48.7 Å². The number of nitrogens with one attached hydrogen (secondary N) is 2. The molecule has 2 N–H and O–H groups in total. The molecule has 1 amide bonds. The molecule has 2 heterocycles. The molecule has 0 radical (unpaired) electrons. The maximum absolute atomic E-state index is 12.3. The van der Waals surface area contributed by atoms with Crippen molar-refractivity contribution in [3.63, 3.8) is 0 Å². The second kappa shape index (κ2) is 9.42. The standard InChI is InChI=1S/C22H23ClN4O.ClH/c1-14-12-21(27-19-5-3-2-4-18(14)19)25-16-7-9-17(10-8-16)26-22(28)15-6-11-20(23)24-13-15;/h2-6,11-13,16-17H,7-10H2,1H3,(H,25,27)(H,26,28);1H. The Labute approximate surface area is 181 Å². The van der Waals surface area contributed by atoms with E-state index in [1.807, 2.05) is 18.2 Å². The Kier molecular flexibility index (Phi) is 6.93.